The molecule has 0 aliphatic carbocycles. The molecule has 3 rings (SSSR count). The maximum absolute atomic E-state index is 11.8. The largest absolute Gasteiger partial charge is 0.363 e. The van der Waals surface area contributed by atoms with Gasteiger partial charge in [-0.1, -0.05) is 0 Å². The quantitative estimate of drug-likeness (QED) is 0.841. The van der Waals surface area contributed by atoms with Crippen molar-refractivity contribution >= 4 is 11.6 Å². The highest BCUT2D eigenvalue weighted by molar-refractivity contribution is 5.91. The van der Waals surface area contributed by atoms with Crippen LogP contribution in [-0.4, -0.2) is 46.0 Å². The Morgan fingerprint density at radius 3 is 2.76 bits per heavy atom. The Balaban J connectivity index is 1.54. The van der Waals surface area contributed by atoms with Crippen molar-refractivity contribution in [2.45, 2.75) is 12.5 Å². The van der Waals surface area contributed by atoms with Gasteiger partial charge in [0.1, 0.15) is 19.3 Å². The van der Waals surface area contributed by atoms with Crippen LogP contribution in [0.1, 0.15) is 6.92 Å². The van der Waals surface area contributed by atoms with Crippen LogP contribution >= 0.6 is 0 Å². The van der Waals surface area contributed by atoms with Gasteiger partial charge >= 0.3 is 0 Å². The highest BCUT2D eigenvalue weighted by Crippen LogP contribution is 2.16. The summed E-state index contributed by atoms with van der Waals surface area (Å²) in [5.41, 5.74) is 1.40. The van der Waals surface area contributed by atoms with Crippen LogP contribution in [0.3, 0.4) is 0 Å². The van der Waals surface area contributed by atoms with E-state index in [0.717, 1.165) is 24.5 Å². The van der Waals surface area contributed by atoms with Gasteiger partial charge in [0.2, 0.25) is 5.91 Å². The lowest BCUT2D eigenvalue weighted by Gasteiger charge is -2.38. The van der Waals surface area contributed by atoms with Crippen molar-refractivity contribution in [3.63, 3.8) is 0 Å². The second-order valence-corrected chi connectivity index (χ2v) is 5.28. The van der Waals surface area contributed by atoms with Gasteiger partial charge in [0, 0.05) is 18.8 Å². The fourth-order valence-corrected chi connectivity index (χ4v) is 2.06. The number of rotatable bonds is 5. The van der Waals surface area contributed by atoms with Crippen molar-refractivity contribution in [1.82, 2.24) is 20.1 Å². The molecule has 7 nitrogen and oxygen atoms in total. The average molecular weight is 287 g/mol. The Hall–Kier alpha value is -2.25. The number of hydrogen-bond acceptors (Lipinski definition) is 5. The first kappa shape index (κ1) is 13.7. The topological polar surface area (TPSA) is 81.1 Å². The molecule has 0 spiro atoms. The Morgan fingerprint density at radius 1 is 1.43 bits per heavy atom. The normalized spacial score (nSPS) is 16.2. The van der Waals surface area contributed by atoms with Crippen LogP contribution in [0, 0.1) is 0 Å². The first-order chi connectivity index (χ1) is 10.1. The molecule has 2 N–H and O–H groups in total. The van der Waals surface area contributed by atoms with E-state index in [1.807, 2.05) is 31.2 Å². The fourth-order valence-electron chi connectivity index (χ4n) is 2.06. The molecule has 1 aliphatic heterocycles. The first-order valence-corrected chi connectivity index (χ1v) is 6.74. The van der Waals surface area contributed by atoms with Gasteiger partial charge in [-0.05, 0) is 31.2 Å². The zero-order valence-corrected chi connectivity index (χ0v) is 11.7. The number of benzene rings is 1. The third-order valence-electron chi connectivity index (χ3n) is 3.38. The fraction of sp³-hybridized carbons (Fsp3) is 0.357. The molecule has 1 aromatic carbocycles. The van der Waals surface area contributed by atoms with E-state index in [9.17, 15) is 4.79 Å². The average Bonchev–Trinajstić information content (AvgIpc) is 2.98. The predicted molar refractivity (Wildman–Crippen MR) is 77.2 cm³/mol. The lowest BCUT2D eigenvalue weighted by molar-refractivity contribution is -0.130. The van der Waals surface area contributed by atoms with E-state index in [0.29, 0.717) is 0 Å². The molecule has 2 heterocycles. The van der Waals surface area contributed by atoms with E-state index in [1.54, 1.807) is 11.0 Å². The van der Waals surface area contributed by atoms with Gasteiger partial charge in [-0.15, -0.1) is 0 Å². The summed E-state index contributed by atoms with van der Waals surface area (Å²) in [6, 6.07) is 7.37. The maximum atomic E-state index is 11.8. The number of ether oxygens (including phenoxy) is 1. The lowest BCUT2D eigenvalue weighted by atomic mass is 10.0. The molecule has 0 atom stereocenters. The van der Waals surface area contributed by atoms with Crippen LogP contribution in [-0.2, 0) is 9.53 Å². The molecule has 0 bridgehead atoms. The number of aromatic nitrogens is 3. The summed E-state index contributed by atoms with van der Waals surface area (Å²) in [5.74, 6) is -0.156. The molecule has 1 amide bonds. The first-order valence-electron chi connectivity index (χ1n) is 6.74. The Labute approximate surface area is 122 Å². The molecule has 110 valence electrons. The highest BCUT2D eigenvalue weighted by atomic mass is 16.5. The van der Waals surface area contributed by atoms with E-state index >= 15 is 0 Å². The Morgan fingerprint density at radius 2 is 2.19 bits per heavy atom. The number of nitrogens with one attached hydrogen (secondary N) is 2. The summed E-state index contributed by atoms with van der Waals surface area (Å²) >= 11 is 0. The van der Waals surface area contributed by atoms with Crippen molar-refractivity contribution in [2.75, 3.05) is 25.0 Å². The minimum absolute atomic E-state index is 0.0585. The molecule has 0 saturated carbocycles. The van der Waals surface area contributed by atoms with Crippen LogP contribution in [0.2, 0.25) is 0 Å². The summed E-state index contributed by atoms with van der Waals surface area (Å²) in [6.07, 6.45) is 3.09. The number of nitrogens with zero attached hydrogens (tertiary/aromatic N) is 3. The Kier molecular flexibility index (Phi) is 3.68. The number of carbonyl (C=O) groups is 1. The van der Waals surface area contributed by atoms with Crippen molar-refractivity contribution in [3.05, 3.63) is 36.9 Å². The zero-order chi connectivity index (χ0) is 14.7. The van der Waals surface area contributed by atoms with E-state index in [2.05, 4.69) is 20.7 Å². The second kappa shape index (κ2) is 5.63. The third-order valence-corrected chi connectivity index (χ3v) is 3.38. The van der Waals surface area contributed by atoms with Gasteiger partial charge < -0.3 is 15.4 Å². The summed E-state index contributed by atoms with van der Waals surface area (Å²) in [4.78, 5) is 15.7. The standard InChI is InChI=1S/C14H17N5O2/c1-14(7-15-8-14)21-6-13(20)18-11-2-4-12(5-3-11)19-10-16-9-17-19/h2-5,9-10,15H,6-8H2,1H3,(H,18,20). The van der Waals surface area contributed by atoms with Gasteiger partial charge in [-0.2, -0.15) is 5.10 Å². The Bertz CT molecular complexity index is 605. The van der Waals surface area contributed by atoms with Gasteiger partial charge in [0.15, 0.2) is 0 Å². The van der Waals surface area contributed by atoms with E-state index < -0.39 is 0 Å². The second-order valence-electron chi connectivity index (χ2n) is 5.28. The van der Waals surface area contributed by atoms with Crippen molar-refractivity contribution in [2.24, 2.45) is 0 Å². The summed E-state index contributed by atoms with van der Waals surface area (Å²) in [7, 11) is 0. The number of amides is 1. The molecule has 1 saturated heterocycles. The summed E-state index contributed by atoms with van der Waals surface area (Å²) in [6.45, 7) is 3.62. The SMILES string of the molecule is CC1(OCC(=O)Nc2ccc(-n3cncn3)cc2)CNC1. The van der Waals surface area contributed by atoms with Gasteiger partial charge in [0.05, 0.1) is 11.3 Å². The molecule has 2 aromatic rings. The lowest BCUT2D eigenvalue weighted by Crippen LogP contribution is -2.59. The van der Waals surface area contributed by atoms with Crippen LogP contribution < -0.4 is 10.6 Å². The monoisotopic (exact) mass is 287 g/mol. The van der Waals surface area contributed by atoms with Crippen molar-refractivity contribution in [1.29, 1.82) is 0 Å². The molecule has 21 heavy (non-hydrogen) atoms. The van der Waals surface area contributed by atoms with Crippen LogP contribution in [0.5, 0.6) is 0 Å². The van der Waals surface area contributed by atoms with Gasteiger partial charge in [-0.3, -0.25) is 4.79 Å². The van der Waals surface area contributed by atoms with Crippen LogP contribution in [0.15, 0.2) is 36.9 Å². The predicted octanol–water partition coefficient (Wildman–Crippen LogP) is 0.584. The molecular weight excluding hydrogens is 270 g/mol. The molecule has 1 fully saturated rings. The third kappa shape index (κ3) is 3.26. The van der Waals surface area contributed by atoms with Gasteiger partial charge in [-0.25, -0.2) is 9.67 Å². The summed E-state index contributed by atoms with van der Waals surface area (Å²) < 4.78 is 7.24. The van der Waals surface area contributed by atoms with E-state index in [-0.39, 0.29) is 18.1 Å². The molecular formula is C14H17N5O2. The van der Waals surface area contributed by atoms with Crippen molar-refractivity contribution in [3.8, 4) is 5.69 Å². The molecule has 1 aromatic heterocycles. The van der Waals surface area contributed by atoms with E-state index in [4.69, 9.17) is 4.74 Å². The van der Waals surface area contributed by atoms with Crippen molar-refractivity contribution < 1.29 is 9.53 Å². The minimum Gasteiger partial charge on any atom is -0.363 e. The molecule has 0 radical (unpaired) electrons. The molecule has 7 heteroatoms. The minimum atomic E-state index is -0.214. The van der Waals surface area contributed by atoms with Gasteiger partial charge in [0.25, 0.3) is 0 Å². The van der Waals surface area contributed by atoms with Crippen LogP contribution in [0.4, 0.5) is 5.69 Å². The number of carbonyl (C=O) groups excluding carboxylic acids is 1. The maximum Gasteiger partial charge on any atom is 0.250 e. The van der Waals surface area contributed by atoms with Crippen LogP contribution in [0.25, 0.3) is 5.69 Å². The number of anilines is 1. The highest BCUT2D eigenvalue weighted by Gasteiger charge is 2.32. The smallest absolute Gasteiger partial charge is 0.250 e. The number of hydrogen-bond donors (Lipinski definition) is 2. The molecule has 1 aliphatic rings. The zero-order valence-electron chi connectivity index (χ0n) is 11.7. The summed E-state index contributed by atoms with van der Waals surface area (Å²) in [5, 5.41) is 9.97. The van der Waals surface area contributed by atoms with E-state index in [1.165, 1.54) is 6.33 Å². The molecule has 0 unspecified atom stereocenters.